The number of carbonyl (C=O) groups is 2. The van der Waals surface area contributed by atoms with Gasteiger partial charge in [-0.25, -0.2) is 22.0 Å². The molecule has 13 heteroatoms. The van der Waals surface area contributed by atoms with Gasteiger partial charge in [0.25, 0.3) is 0 Å². The Labute approximate surface area is 193 Å². The molecule has 2 heterocycles. The van der Waals surface area contributed by atoms with Crippen molar-refractivity contribution < 1.29 is 36.6 Å². The average molecular weight is 494 g/mol. The number of methoxy groups -OCH3 is 1. The maximum atomic E-state index is 13.8. The van der Waals surface area contributed by atoms with Crippen LogP contribution in [-0.2, 0) is 27.0 Å². The number of amides is 1. The van der Waals surface area contributed by atoms with Gasteiger partial charge in [-0.05, 0) is 18.1 Å². The number of carboxylic acids is 1. The second-order valence-corrected chi connectivity index (χ2v) is 9.21. The number of sulfonamides is 1. The Hall–Kier alpha value is -3.79. The van der Waals surface area contributed by atoms with E-state index in [9.17, 15) is 37.2 Å². The van der Waals surface area contributed by atoms with Gasteiger partial charge in [0.1, 0.15) is 11.6 Å². The average Bonchev–Trinajstić information content (AvgIpc) is 2.73. The summed E-state index contributed by atoms with van der Waals surface area (Å²) in [6.45, 7) is 1.66. The van der Waals surface area contributed by atoms with Crippen molar-refractivity contribution in [3.8, 4) is 11.9 Å². The normalized spacial score (nSPS) is 13.7. The first-order valence-electron chi connectivity index (χ1n) is 9.99. The number of benzene rings is 1. The van der Waals surface area contributed by atoms with Gasteiger partial charge in [-0.15, -0.1) is 0 Å². The fourth-order valence-electron chi connectivity index (χ4n) is 3.62. The molecule has 0 radical (unpaired) electrons. The molecule has 3 rings (SSSR count). The van der Waals surface area contributed by atoms with Crippen molar-refractivity contribution in [2.45, 2.75) is 19.1 Å². The van der Waals surface area contributed by atoms with Crippen molar-refractivity contribution in [2.24, 2.45) is 5.92 Å². The number of pyridine rings is 1. The molecule has 0 bridgehead atoms. The Kier molecular flexibility index (Phi) is 7.01. The van der Waals surface area contributed by atoms with Crippen LogP contribution in [0, 0.1) is 28.9 Å². The highest BCUT2D eigenvalue weighted by Crippen LogP contribution is 2.34. The zero-order valence-electron chi connectivity index (χ0n) is 18.1. The van der Waals surface area contributed by atoms with E-state index >= 15 is 0 Å². The molecule has 1 fully saturated rings. The van der Waals surface area contributed by atoms with Crippen molar-refractivity contribution in [1.82, 2.24) is 9.71 Å². The van der Waals surface area contributed by atoms with Gasteiger partial charge in [-0.2, -0.15) is 10.2 Å². The third kappa shape index (κ3) is 4.76. The summed E-state index contributed by atoms with van der Waals surface area (Å²) in [4.78, 5) is 29.7. The number of carbonyl (C=O) groups excluding carboxylic acids is 1. The molecular formula is C21H20F2N4O6S. The van der Waals surface area contributed by atoms with Gasteiger partial charge in [0, 0.05) is 18.7 Å². The molecule has 0 unspecified atom stereocenters. The molecule has 2 aromatic rings. The summed E-state index contributed by atoms with van der Waals surface area (Å²) in [5.74, 6) is -6.45. The van der Waals surface area contributed by atoms with Gasteiger partial charge >= 0.3 is 5.97 Å². The molecule has 1 saturated heterocycles. The molecule has 0 aliphatic carbocycles. The number of rotatable bonds is 8. The first-order chi connectivity index (χ1) is 16.0. The molecule has 0 atom stereocenters. The van der Waals surface area contributed by atoms with E-state index in [4.69, 9.17) is 4.74 Å². The highest BCUT2D eigenvalue weighted by atomic mass is 32.2. The van der Waals surface area contributed by atoms with Gasteiger partial charge in [0.05, 0.1) is 24.3 Å². The van der Waals surface area contributed by atoms with Crippen molar-refractivity contribution in [2.75, 3.05) is 25.1 Å². The van der Waals surface area contributed by atoms with Crippen LogP contribution < -0.4 is 14.4 Å². The fraction of sp³-hybridized carbons (Fsp3) is 0.333. The van der Waals surface area contributed by atoms with Crippen LogP contribution in [0.3, 0.4) is 0 Å². The van der Waals surface area contributed by atoms with Crippen LogP contribution in [-0.4, -0.2) is 50.6 Å². The number of hydrogen-bond acceptors (Lipinski definition) is 8. The highest BCUT2D eigenvalue weighted by molar-refractivity contribution is 7.89. The van der Waals surface area contributed by atoms with E-state index in [0.29, 0.717) is 0 Å². The minimum absolute atomic E-state index is 0.00388. The molecular weight excluding hydrogens is 474 g/mol. The Morgan fingerprint density at radius 3 is 2.59 bits per heavy atom. The molecule has 34 heavy (non-hydrogen) atoms. The maximum Gasteiger partial charge on any atom is 0.341 e. The number of nitriles is 1. The second-order valence-electron chi connectivity index (χ2n) is 7.48. The highest BCUT2D eigenvalue weighted by Gasteiger charge is 2.38. The fourth-order valence-corrected chi connectivity index (χ4v) is 4.80. The van der Waals surface area contributed by atoms with E-state index < -0.39 is 50.8 Å². The van der Waals surface area contributed by atoms with Gasteiger partial charge in [0.15, 0.2) is 17.5 Å². The monoisotopic (exact) mass is 494 g/mol. The summed E-state index contributed by atoms with van der Waals surface area (Å²) in [7, 11) is -3.06. The van der Waals surface area contributed by atoms with E-state index in [1.165, 1.54) is 12.0 Å². The third-order valence-corrected chi connectivity index (χ3v) is 6.51. The SMILES string of the molecule is CCc1c(C#N)c(N2CC(C(=O)NS(=O)(=O)Cc3cccc(F)c3F)C2)nc(OC)c1C(=O)O. The zero-order valence-corrected chi connectivity index (χ0v) is 18.9. The number of aromatic nitrogens is 1. The number of aromatic carboxylic acids is 1. The van der Waals surface area contributed by atoms with Gasteiger partial charge in [0.2, 0.25) is 21.8 Å². The molecule has 1 aromatic heterocycles. The lowest BCUT2D eigenvalue weighted by molar-refractivity contribution is -0.123. The Morgan fingerprint density at radius 2 is 2.03 bits per heavy atom. The summed E-state index contributed by atoms with van der Waals surface area (Å²) in [5, 5.41) is 19.1. The van der Waals surface area contributed by atoms with Gasteiger partial charge < -0.3 is 14.7 Å². The van der Waals surface area contributed by atoms with Crippen LogP contribution in [0.5, 0.6) is 5.88 Å². The van der Waals surface area contributed by atoms with Crippen molar-refractivity contribution in [1.29, 1.82) is 5.26 Å². The van der Waals surface area contributed by atoms with Crippen LogP contribution in [0.2, 0.25) is 0 Å². The van der Waals surface area contributed by atoms with Crippen molar-refractivity contribution >= 4 is 27.7 Å². The maximum absolute atomic E-state index is 13.8. The molecule has 0 saturated carbocycles. The first-order valence-corrected chi connectivity index (χ1v) is 11.6. The topological polar surface area (TPSA) is 150 Å². The van der Waals surface area contributed by atoms with Gasteiger partial charge in [-0.3, -0.25) is 9.52 Å². The number of hydrogen-bond donors (Lipinski definition) is 2. The Morgan fingerprint density at radius 1 is 1.35 bits per heavy atom. The largest absolute Gasteiger partial charge is 0.480 e. The lowest BCUT2D eigenvalue weighted by Crippen LogP contribution is -2.55. The molecule has 2 N–H and O–H groups in total. The zero-order chi connectivity index (χ0) is 25.2. The number of halogens is 2. The predicted octanol–water partition coefficient (Wildman–Crippen LogP) is 1.58. The molecule has 1 amide bonds. The lowest BCUT2D eigenvalue weighted by atomic mass is 9.96. The number of nitrogens with zero attached hydrogens (tertiary/aromatic N) is 3. The van der Waals surface area contributed by atoms with E-state index in [1.807, 2.05) is 10.8 Å². The van der Waals surface area contributed by atoms with Crippen LogP contribution in [0.15, 0.2) is 18.2 Å². The summed E-state index contributed by atoms with van der Waals surface area (Å²) in [5.41, 5.74) is -0.398. The molecule has 1 aromatic carbocycles. The lowest BCUT2D eigenvalue weighted by Gasteiger charge is -2.39. The molecule has 0 spiro atoms. The number of nitrogens with one attached hydrogen (secondary N) is 1. The molecule has 180 valence electrons. The summed E-state index contributed by atoms with van der Waals surface area (Å²) in [6, 6.07) is 5.05. The Bertz CT molecular complexity index is 1300. The molecule has 10 nitrogen and oxygen atoms in total. The third-order valence-electron chi connectivity index (χ3n) is 5.31. The molecule has 1 aliphatic rings. The summed E-state index contributed by atoms with van der Waals surface area (Å²) >= 11 is 0. The first kappa shape index (κ1) is 24.8. The number of ether oxygens (including phenoxy) is 1. The summed E-state index contributed by atoms with van der Waals surface area (Å²) < 4.78 is 58.6. The van der Waals surface area contributed by atoms with Crippen molar-refractivity contribution in [3.63, 3.8) is 0 Å². The van der Waals surface area contributed by atoms with Crippen LogP contribution >= 0.6 is 0 Å². The standard InChI is InChI=1S/C21H20F2N4O6S/c1-3-13-14(7-24)18(25-20(33-2)16(13)21(29)30)27-8-12(9-27)19(28)26-34(31,32)10-11-5-4-6-15(22)17(11)23/h4-6,12H,3,8-10H2,1-2H3,(H,26,28)(H,29,30). The summed E-state index contributed by atoms with van der Waals surface area (Å²) in [6.07, 6.45) is 0.211. The quantitative estimate of drug-likeness (QED) is 0.558. The van der Waals surface area contributed by atoms with Crippen molar-refractivity contribution in [3.05, 3.63) is 52.1 Å². The second kappa shape index (κ2) is 9.60. The van der Waals surface area contributed by atoms with Crippen LogP contribution in [0.4, 0.5) is 14.6 Å². The van der Waals surface area contributed by atoms with E-state index in [-0.39, 0.29) is 47.9 Å². The number of anilines is 1. The number of carboxylic acid groups (broad SMARTS) is 1. The minimum atomic E-state index is -4.30. The van der Waals surface area contributed by atoms with E-state index in [0.717, 1.165) is 18.2 Å². The smallest absolute Gasteiger partial charge is 0.341 e. The minimum Gasteiger partial charge on any atom is -0.480 e. The van der Waals surface area contributed by atoms with E-state index in [1.54, 1.807) is 6.92 Å². The van der Waals surface area contributed by atoms with Crippen LogP contribution in [0.25, 0.3) is 0 Å². The van der Waals surface area contributed by atoms with Crippen LogP contribution in [0.1, 0.15) is 34.0 Å². The van der Waals surface area contributed by atoms with E-state index in [2.05, 4.69) is 4.98 Å². The van der Waals surface area contributed by atoms with Gasteiger partial charge in [-0.1, -0.05) is 19.1 Å². The Balaban J connectivity index is 1.76. The predicted molar refractivity (Wildman–Crippen MR) is 115 cm³/mol. The molecule has 1 aliphatic heterocycles.